The number of hydrogen-bond donors (Lipinski definition) is 2. The van der Waals surface area contributed by atoms with Gasteiger partial charge in [-0.2, -0.15) is 0 Å². The Morgan fingerprint density at radius 2 is 2.00 bits per heavy atom. The predicted octanol–water partition coefficient (Wildman–Crippen LogP) is -0.195. The van der Waals surface area contributed by atoms with E-state index in [-0.39, 0.29) is 12.5 Å². The largest absolute Gasteiger partial charge is 0.481 e. The maximum absolute atomic E-state index is 10.5. The number of aliphatic carboxylic acids is 1. The van der Waals surface area contributed by atoms with Crippen molar-refractivity contribution in [3.63, 3.8) is 0 Å². The number of ether oxygens (including phenoxy) is 2. The molecule has 2 atom stereocenters. The average molecular weight is 249 g/mol. The summed E-state index contributed by atoms with van der Waals surface area (Å²) in [5, 5.41) is 18.2. The minimum atomic E-state index is -0.997. The Balaban J connectivity index is 4.20. The molecule has 0 aromatic heterocycles. The third-order valence-electron chi connectivity index (χ3n) is 2.47. The molecule has 102 valence electrons. The summed E-state index contributed by atoms with van der Waals surface area (Å²) in [5.74, 6) is -0.997. The normalized spacial score (nSPS) is 14.9. The first-order valence-corrected chi connectivity index (χ1v) is 5.63. The number of nitrogens with zero attached hydrogens (tertiary/aromatic N) is 1. The summed E-state index contributed by atoms with van der Waals surface area (Å²) in [6.45, 7) is 3.97. The standard InChI is InChI=1S/C11H23NO5/c1-9(8-17-3)12(4-5-16-2)7-10(13)6-11(14)15/h9-10,13H,4-8H2,1-3H3,(H,14,15). The highest BCUT2D eigenvalue weighted by Crippen LogP contribution is 2.04. The van der Waals surface area contributed by atoms with Gasteiger partial charge in [0.15, 0.2) is 0 Å². The Morgan fingerprint density at radius 1 is 1.35 bits per heavy atom. The number of rotatable bonds is 10. The zero-order valence-corrected chi connectivity index (χ0v) is 10.8. The van der Waals surface area contributed by atoms with E-state index in [0.717, 1.165) is 0 Å². The van der Waals surface area contributed by atoms with E-state index in [4.69, 9.17) is 14.6 Å². The Kier molecular flexibility index (Phi) is 8.97. The lowest BCUT2D eigenvalue weighted by molar-refractivity contribution is -0.139. The number of carboxylic acid groups (broad SMARTS) is 1. The third kappa shape index (κ3) is 8.09. The maximum atomic E-state index is 10.5. The van der Waals surface area contributed by atoms with Crippen molar-refractivity contribution in [2.75, 3.05) is 40.5 Å². The fourth-order valence-electron chi connectivity index (χ4n) is 1.58. The molecule has 0 heterocycles. The second-order valence-corrected chi connectivity index (χ2v) is 4.04. The van der Waals surface area contributed by atoms with Crippen molar-refractivity contribution >= 4 is 5.97 Å². The summed E-state index contributed by atoms with van der Waals surface area (Å²) in [6.07, 6.45) is -1.12. The van der Waals surface area contributed by atoms with Crippen molar-refractivity contribution in [3.8, 4) is 0 Å². The lowest BCUT2D eigenvalue weighted by Gasteiger charge is -2.29. The van der Waals surface area contributed by atoms with Gasteiger partial charge in [0.1, 0.15) is 0 Å². The molecule has 17 heavy (non-hydrogen) atoms. The summed E-state index contributed by atoms with van der Waals surface area (Å²) in [6, 6.07) is 0.110. The molecule has 0 amide bonds. The lowest BCUT2D eigenvalue weighted by Crippen LogP contribution is -2.43. The Labute approximate surface area is 102 Å². The molecule has 0 aliphatic heterocycles. The Bertz CT molecular complexity index is 212. The van der Waals surface area contributed by atoms with Gasteiger partial charge in [-0.1, -0.05) is 0 Å². The maximum Gasteiger partial charge on any atom is 0.306 e. The van der Waals surface area contributed by atoms with E-state index in [9.17, 15) is 9.90 Å². The van der Waals surface area contributed by atoms with E-state index in [2.05, 4.69) is 0 Å². The Hall–Kier alpha value is -0.690. The summed E-state index contributed by atoms with van der Waals surface area (Å²) in [5.41, 5.74) is 0. The highest BCUT2D eigenvalue weighted by molar-refractivity contribution is 5.67. The Morgan fingerprint density at radius 3 is 2.47 bits per heavy atom. The highest BCUT2D eigenvalue weighted by atomic mass is 16.5. The zero-order valence-electron chi connectivity index (χ0n) is 10.8. The SMILES string of the molecule is COCCN(CC(O)CC(=O)O)C(C)COC. The van der Waals surface area contributed by atoms with Crippen LogP contribution in [0.1, 0.15) is 13.3 Å². The van der Waals surface area contributed by atoms with Gasteiger partial charge < -0.3 is 19.7 Å². The van der Waals surface area contributed by atoms with Crippen LogP contribution in [-0.4, -0.2) is 73.8 Å². The van der Waals surface area contributed by atoms with Crippen molar-refractivity contribution in [3.05, 3.63) is 0 Å². The summed E-state index contributed by atoms with van der Waals surface area (Å²) in [7, 11) is 3.21. The van der Waals surface area contributed by atoms with Crippen molar-refractivity contribution in [2.45, 2.75) is 25.5 Å². The highest BCUT2D eigenvalue weighted by Gasteiger charge is 2.19. The van der Waals surface area contributed by atoms with E-state index in [1.165, 1.54) is 0 Å². The molecule has 0 spiro atoms. The molecule has 0 saturated carbocycles. The van der Waals surface area contributed by atoms with Crippen LogP contribution in [0.25, 0.3) is 0 Å². The first-order chi connectivity index (χ1) is 8.01. The van der Waals surface area contributed by atoms with Crippen LogP contribution in [0.5, 0.6) is 0 Å². The van der Waals surface area contributed by atoms with E-state index < -0.39 is 12.1 Å². The molecule has 0 aliphatic carbocycles. The molecule has 6 heteroatoms. The number of aliphatic hydroxyl groups excluding tert-OH is 1. The van der Waals surface area contributed by atoms with E-state index in [1.54, 1.807) is 14.2 Å². The molecule has 2 N–H and O–H groups in total. The van der Waals surface area contributed by atoms with E-state index in [1.807, 2.05) is 11.8 Å². The summed E-state index contributed by atoms with van der Waals surface area (Å²) in [4.78, 5) is 12.4. The molecule has 0 bridgehead atoms. The fraction of sp³-hybridized carbons (Fsp3) is 0.909. The molecule has 0 aromatic rings. The second kappa shape index (κ2) is 9.35. The first-order valence-electron chi connectivity index (χ1n) is 5.63. The minimum Gasteiger partial charge on any atom is -0.481 e. The minimum absolute atomic E-state index is 0.110. The van der Waals surface area contributed by atoms with Crippen LogP contribution in [0.15, 0.2) is 0 Å². The lowest BCUT2D eigenvalue weighted by atomic mass is 10.2. The number of hydrogen-bond acceptors (Lipinski definition) is 5. The van der Waals surface area contributed by atoms with Gasteiger partial charge in [-0.05, 0) is 6.92 Å². The summed E-state index contributed by atoms with van der Waals surface area (Å²) >= 11 is 0. The topological polar surface area (TPSA) is 79.2 Å². The van der Waals surface area contributed by atoms with Gasteiger partial charge in [0.05, 0.1) is 25.7 Å². The number of aliphatic hydroxyl groups is 1. The third-order valence-corrected chi connectivity index (χ3v) is 2.47. The van der Waals surface area contributed by atoms with Gasteiger partial charge >= 0.3 is 5.97 Å². The molecular weight excluding hydrogens is 226 g/mol. The van der Waals surface area contributed by atoms with Crippen LogP contribution in [-0.2, 0) is 14.3 Å². The van der Waals surface area contributed by atoms with Crippen LogP contribution in [0.4, 0.5) is 0 Å². The quantitative estimate of drug-likeness (QED) is 0.558. The number of carboxylic acids is 1. The molecule has 0 radical (unpaired) electrons. The van der Waals surface area contributed by atoms with E-state index >= 15 is 0 Å². The van der Waals surface area contributed by atoms with Crippen LogP contribution < -0.4 is 0 Å². The van der Waals surface area contributed by atoms with E-state index in [0.29, 0.717) is 26.3 Å². The molecular formula is C11H23NO5. The van der Waals surface area contributed by atoms with Gasteiger partial charge in [0, 0.05) is 33.4 Å². The molecule has 0 fully saturated rings. The predicted molar refractivity (Wildman–Crippen MR) is 63.0 cm³/mol. The molecule has 0 aromatic carbocycles. The van der Waals surface area contributed by atoms with Crippen LogP contribution in [0.2, 0.25) is 0 Å². The molecule has 6 nitrogen and oxygen atoms in total. The van der Waals surface area contributed by atoms with Gasteiger partial charge in [0.2, 0.25) is 0 Å². The van der Waals surface area contributed by atoms with Crippen molar-refractivity contribution < 1.29 is 24.5 Å². The van der Waals surface area contributed by atoms with Crippen LogP contribution in [0.3, 0.4) is 0 Å². The van der Waals surface area contributed by atoms with Crippen LogP contribution in [0, 0.1) is 0 Å². The van der Waals surface area contributed by atoms with Gasteiger partial charge in [-0.15, -0.1) is 0 Å². The molecule has 0 saturated heterocycles. The second-order valence-electron chi connectivity index (χ2n) is 4.04. The van der Waals surface area contributed by atoms with Crippen molar-refractivity contribution in [1.82, 2.24) is 4.90 Å². The monoisotopic (exact) mass is 249 g/mol. The van der Waals surface area contributed by atoms with Crippen molar-refractivity contribution in [1.29, 1.82) is 0 Å². The van der Waals surface area contributed by atoms with Crippen molar-refractivity contribution in [2.24, 2.45) is 0 Å². The average Bonchev–Trinajstić information content (AvgIpc) is 2.23. The smallest absolute Gasteiger partial charge is 0.306 e. The van der Waals surface area contributed by atoms with Crippen LogP contribution >= 0.6 is 0 Å². The van der Waals surface area contributed by atoms with Gasteiger partial charge in [0.25, 0.3) is 0 Å². The zero-order chi connectivity index (χ0) is 13.3. The molecule has 0 rings (SSSR count). The van der Waals surface area contributed by atoms with Gasteiger partial charge in [-0.25, -0.2) is 0 Å². The fourth-order valence-corrected chi connectivity index (χ4v) is 1.58. The van der Waals surface area contributed by atoms with Gasteiger partial charge in [-0.3, -0.25) is 9.69 Å². The first kappa shape index (κ1) is 16.3. The summed E-state index contributed by atoms with van der Waals surface area (Å²) < 4.78 is 10.0. The molecule has 0 aliphatic rings. The number of methoxy groups -OCH3 is 2. The number of carbonyl (C=O) groups is 1. The molecule has 2 unspecified atom stereocenters.